The topological polar surface area (TPSA) is 0 Å². The highest BCUT2D eigenvalue weighted by Gasteiger charge is 2.56. The fourth-order valence-corrected chi connectivity index (χ4v) is 0.269. The summed E-state index contributed by atoms with van der Waals surface area (Å²) in [4.78, 5) is 0. The predicted octanol–water partition coefficient (Wildman–Crippen LogP) is 2.11. The van der Waals surface area contributed by atoms with Crippen molar-refractivity contribution in [3.05, 3.63) is 0 Å². The van der Waals surface area contributed by atoms with E-state index in [4.69, 9.17) is 0 Å². The van der Waals surface area contributed by atoms with Gasteiger partial charge in [0.1, 0.15) is 0 Å². The highest BCUT2D eigenvalue weighted by molar-refractivity contribution is 7.80. The summed E-state index contributed by atoms with van der Waals surface area (Å²) in [6.45, 7) is 0. The van der Waals surface area contributed by atoms with E-state index in [-0.39, 0.29) is 0 Å². The van der Waals surface area contributed by atoms with Crippen molar-refractivity contribution >= 4 is 12.6 Å². The SMILES string of the molecule is FC(F)(F)C(F)(F)CS. The molecule has 0 amide bonds. The number of halogens is 5. The molecule has 0 saturated heterocycles. The molecular formula is C3H3F5S. The third-order valence-corrected chi connectivity index (χ3v) is 1.01. The molecule has 0 bridgehead atoms. The van der Waals surface area contributed by atoms with Crippen molar-refractivity contribution in [2.75, 3.05) is 5.75 Å². The van der Waals surface area contributed by atoms with E-state index in [0.717, 1.165) is 0 Å². The fourth-order valence-electron chi connectivity index (χ4n) is 0.0896. The average Bonchev–Trinajstić information content (AvgIpc) is 1.64. The summed E-state index contributed by atoms with van der Waals surface area (Å²) in [7, 11) is 0. The molecule has 0 aliphatic rings. The third kappa shape index (κ3) is 2.00. The van der Waals surface area contributed by atoms with E-state index in [2.05, 4.69) is 12.6 Å². The molecule has 0 fully saturated rings. The number of thiol groups is 1. The molecule has 0 aliphatic heterocycles. The van der Waals surface area contributed by atoms with Gasteiger partial charge >= 0.3 is 12.1 Å². The van der Waals surface area contributed by atoms with Crippen LogP contribution in [0.1, 0.15) is 0 Å². The zero-order chi connectivity index (χ0) is 7.71. The lowest BCUT2D eigenvalue weighted by Gasteiger charge is -2.16. The van der Waals surface area contributed by atoms with Crippen molar-refractivity contribution in [2.24, 2.45) is 0 Å². The predicted molar refractivity (Wildman–Crippen MR) is 24.9 cm³/mol. The van der Waals surface area contributed by atoms with Crippen LogP contribution in [0.4, 0.5) is 22.0 Å². The summed E-state index contributed by atoms with van der Waals surface area (Å²) in [6, 6.07) is 0. The third-order valence-electron chi connectivity index (χ3n) is 0.613. The summed E-state index contributed by atoms with van der Waals surface area (Å²) in [5, 5.41) is 0. The molecule has 0 unspecified atom stereocenters. The maximum absolute atomic E-state index is 11.5. The maximum Gasteiger partial charge on any atom is 0.454 e. The van der Waals surface area contributed by atoms with Gasteiger partial charge in [0.05, 0.1) is 5.75 Å². The van der Waals surface area contributed by atoms with Crippen LogP contribution in [-0.4, -0.2) is 17.9 Å². The summed E-state index contributed by atoms with van der Waals surface area (Å²) < 4.78 is 56.0. The highest BCUT2D eigenvalue weighted by atomic mass is 32.1. The zero-order valence-corrected chi connectivity index (χ0v) is 4.94. The Labute approximate surface area is 53.5 Å². The first-order valence-corrected chi connectivity index (χ1v) is 2.50. The van der Waals surface area contributed by atoms with Gasteiger partial charge in [-0.05, 0) is 0 Å². The minimum absolute atomic E-state index is 1.50. The Morgan fingerprint density at radius 3 is 1.33 bits per heavy atom. The molecule has 0 nitrogen and oxygen atoms in total. The molecule has 0 rings (SSSR count). The summed E-state index contributed by atoms with van der Waals surface area (Å²) in [5.74, 6) is -6.16. The molecule has 0 saturated carbocycles. The minimum Gasteiger partial charge on any atom is -0.195 e. The van der Waals surface area contributed by atoms with Gasteiger partial charge in [0.2, 0.25) is 0 Å². The monoisotopic (exact) mass is 166 g/mol. The standard InChI is InChI=1S/C3H3F5S/c4-2(5,1-9)3(6,7)8/h9H,1H2. The van der Waals surface area contributed by atoms with E-state index >= 15 is 0 Å². The number of rotatable bonds is 1. The number of hydrogen-bond donors (Lipinski definition) is 1. The summed E-state index contributed by atoms with van der Waals surface area (Å²) in [6.07, 6.45) is -5.46. The number of hydrogen-bond acceptors (Lipinski definition) is 1. The largest absolute Gasteiger partial charge is 0.454 e. The van der Waals surface area contributed by atoms with Crippen LogP contribution in [0.15, 0.2) is 0 Å². The van der Waals surface area contributed by atoms with Crippen LogP contribution in [0.2, 0.25) is 0 Å². The Balaban J connectivity index is 4.14. The van der Waals surface area contributed by atoms with Crippen molar-refractivity contribution in [3.8, 4) is 0 Å². The van der Waals surface area contributed by atoms with Gasteiger partial charge < -0.3 is 0 Å². The van der Waals surface area contributed by atoms with Gasteiger partial charge in [-0.3, -0.25) is 0 Å². The van der Waals surface area contributed by atoms with Crippen LogP contribution in [0.5, 0.6) is 0 Å². The molecular weight excluding hydrogens is 163 g/mol. The van der Waals surface area contributed by atoms with Crippen molar-refractivity contribution in [2.45, 2.75) is 12.1 Å². The van der Waals surface area contributed by atoms with Gasteiger partial charge in [-0.15, -0.1) is 0 Å². The second-order valence-corrected chi connectivity index (χ2v) is 1.68. The van der Waals surface area contributed by atoms with Gasteiger partial charge in [0, 0.05) is 0 Å². The lowest BCUT2D eigenvalue weighted by molar-refractivity contribution is -0.270. The average molecular weight is 166 g/mol. The Morgan fingerprint density at radius 2 is 1.33 bits per heavy atom. The fraction of sp³-hybridized carbons (Fsp3) is 1.00. The minimum atomic E-state index is -5.46. The second kappa shape index (κ2) is 2.32. The second-order valence-electron chi connectivity index (χ2n) is 1.36. The molecule has 0 aliphatic carbocycles. The Morgan fingerprint density at radius 1 is 1.00 bits per heavy atom. The van der Waals surface area contributed by atoms with E-state index in [1.165, 1.54) is 0 Å². The van der Waals surface area contributed by atoms with Crippen molar-refractivity contribution < 1.29 is 22.0 Å². The van der Waals surface area contributed by atoms with Crippen LogP contribution in [0, 0.1) is 0 Å². The summed E-state index contributed by atoms with van der Waals surface area (Å²) in [5.41, 5.74) is 0. The summed E-state index contributed by atoms with van der Waals surface area (Å²) >= 11 is 2.82. The molecule has 9 heavy (non-hydrogen) atoms. The maximum atomic E-state index is 11.5. The van der Waals surface area contributed by atoms with E-state index in [1.54, 1.807) is 0 Å². The Kier molecular flexibility index (Phi) is 2.32. The van der Waals surface area contributed by atoms with Crippen molar-refractivity contribution in [3.63, 3.8) is 0 Å². The van der Waals surface area contributed by atoms with Crippen LogP contribution >= 0.6 is 12.6 Å². The lowest BCUT2D eigenvalue weighted by atomic mass is 10.4. The van der Waals surface area contributed by atoms with Gasteiger partial charge in [-0.2, -0.15) is 34.6 Å². The van der Waals surface area contributed by atoms with Crippen molar-refractivity contribution in [1.82, 2.24) is 0 Å². The highest BCUT2D eigenvalue weighted by Crippen LogP contribution is 2.35. The van der Waals surface area contributed by atoms with Gasteiger partial charge in [-0.1, -0.05) is 0 Å². The van der Waals surface area contributed by atoms with Crippen LogP contribution in [-0.2, 0) is 0 Å². The van der Waals surface area contributed by atoms with E-state index in [0.29, 0.717) is 0 Å². The molecule has 0 aromatic carbocycles. The molecule has 6 heteroatoms. The zero-order valence-electron chi connectivity index (χ0n) is 4.04. The molecule has 0 aromatic rings. The van der Waals surface area contributed by atoms with Crippen LogP contribution < -0.4 is 0 Å². The van der Waals surface area contributed by atoms with Gasteiger partial charge in [-0.25, -0.2) is 0 Å². The molecule has 0 heterocycles. The quantitative estimate of drug-likeness (QED) is 0.447. The molecule has 0 N–H and O–H groups in total. The molecule has 0 aromatic heterocycles. The Bertz CT molecular complexity index is 94.9. The Hall–Kier alpha value is -0.0000000000000000555. The number of alkyl halides is 5. The van der Waals surface area contributed by atoms with Crippen LogP contribution in [0.3, 0.4) is 0 Å². The molecule has 0 atom stereocenters. The first-order valence-electron chi connectivity index (χ1n) is 1.86. The van der Waals surface area contributed by atoms with Crippen LogP contribution in [0.25, 0.3) is 0 Å². The lowest BCUT2D eigenvalue weighted by Crippen LogP contribution is -2.37. The van der Waals surface area contributed by atoms with Gasteiger partial charge in [0.25, 0.3) is 0 Å². The first-order chi connectivity index (χ1) is 3.81. The molecule has 56 valence electrons. The van der Waals surface area contributed by atoms with E-state index in [9.17, 15) is 22.0 Å². The van der Waals surface area contributed by atoms with Gasteiger partial charge in [0.15, 0.2) is 0 Å². The molecule has 0 spiro atoms. The smallest absolute Gasteiger partial charge is 0.195 e. The normalized spacial score (nSPS) is 14.0. The van der Waals surface area contributed by atoms with E-state index < -0.39 is 17.9 Å². The van der Waals surface area contributed by atoms with E-state index in [1.807, 2.05) is 0 Å². The van der Waals surface area contributed by atoms with Crippen molar-refractivity contribution in [1.29, 1.82) is 0 Å². The molecule has 0 radical (unpaired) electrons. The first kappa shape index (κ1) is 9.00.